The van der Waals surface area contributed by atoms with Crippen LogP contribution < -0.4 is 11.3 Å². The number of hydrogen-bond acceptors (Lipinski definition) is 3. The summed E-state index contributed by atoms with van der Waals surface area (Å²) in [5.41, 5.74) is 6.00. The van der Waals surface area contributed by atoms with Crippen LogP contribution in [0, 0.1) is 0 Å². The Labute approximate surface area is 112 Å². The number of anilines is 1. The molecule has 0 spiro atoms. The quantitative estimate of drug-likeness (QED) is 0.554. The number of benzene rings is 2. The number of rotatable bonds is 3. The largest absolute Gasteiger partial charge is 0.308 e. The molecule has 0 unspecified atom stereocenters. The van der Waals surface area contributed by atoms with Gasteiger partial charge in [0.15, 0.2) is 0 Å². The van der Waals surface area contributed by atoms with Crippen LogP contribution in [0.4, 0.5) is 5.82 Å². The molecule has 0 radical (unpaired) electrons. The number of nitrogens with one attached hydrogen (secondary N) is 1. The molecule has 0 fully saturated rings. The molecule has 2 aromatic carbocycles. The summed E-state index contributed by atoms with van der Waals surface area (Å²) < 4.78 is 0. The molecule has 0 atom stereocenters. The van der Waals surface area contributed by atoms with E-state index in [1.807, 2.05) is 36.4 Å². The van der Waals surface area contributed by atoms with Crippen molar-refractivity contribution in [2.24, 2.45) is 5.84 Å². The number of para-hydroxylation sites is 1. The van der Waals surface area contributed by atoms with E-state index in [4.69, 9.17) is 5.84 Å². The van der Waals surface area contributed by atoms with Crippen LogP contribution >= 0.6 is 0 Å². The summed E-state index contributed by atoms with van der Waals surface area (Å²) in [6, 6.07) is 20.5. The fourth-order valence-electron chi connectivity index (χ4n) is 2.24. The van der Waals surface area contributed by atoms with Crippen molar-refractivity contribution in [3.8, 4) is 0 Å². The molecule has 3 heteroatoms. The van der Waals surface area contributed by atoms with Crippen molar-refractivity contribution in [2.45, 2.75) is 6.42 Å². The minimum Gasteiger partial charge on any atom is -0.308 e. The molecule has 0 aliphatic rings. The van der Waals surface area contributed by atoms with Gasteiger partial charge >= 0.3 is 0 Å². The summed E-state index contributed by atoms with van der Waals surface area (Å²) in [5, 5.41) is 1.13. The molecule has 3 N–H and O–H groups in total. The Morgan fingerprint density at radius 1 is 0.947 bits per heavy atom. The van der Waals surface area contributed by atoms with Crippen molar-refractivity contribution in [1.29, 1.82) is 0 Å². The highest BCUT2D eigenvalue weighted by Gasteiger charge is 2.06. The topological polar surface area (TPSA) is 50.9 Å². The van der Waals surface area contributed by atoms with Crippen LogP contribution in [0.3, 0.4) is 0 Å². The lowest BCUT2D eigenvalue weighted by atomic mass is 10.0. The number of nitrogens with two attached hydrogens (primary N) is 1. The summed E-state index contributed by atoms with van der Waals surface area (Å²) in [7, 11) is 0. The van der Waals surface area contributed by atoms with Gasteiger partial charge in [-0.3, -0.25) is 0 Å². The fraction of sp³-hybridized carbons (Fsp3) is 0.0625. The van der Waals surface area contributed by atoms with E-state index >= 15 is 0 Å². The number of nitrogen functional groups attached to an aromatic ring is 1. The van der Waals surface area contributed by atoms with Crippen LogP contribution in [-0.4, -0.2) is 4.98 Å². The van der Waals surface area contributed by atoms with Gasteiger partial charge in [-0.2, -0.15) is 0 Å². The van der Waals surface area contributed by atoms with E-state index in [-0.39, 0.29) is 0 Å². The van der Waals surface area contributed by atoms with Gasteiger partial charge in [-0.15, -0.1) is 0 Å². The normalized spacial score (nSPS) is 10.6. The van der Waals surface area contributed by atoms with Crippen molar-refractivity contribution in [2.75, 3.05) is 5.43 Å². The van der Waals surface area contributed by atoms with Gasteiger partial charge in [0.1, 0.15) is 5.82 Å². The van der Waals surface area contributed by atoms with E-state index in [2.05, 4.69) is 34.7 Å². The highest BCUT2D eigenvalue weighted by molar-refractivity contribution is 5.81. The van der Waals surface area contributed by atoms with Crippen LogP contribution in [0.15, 0.2) is 60.7 Å². The van der Waals surface area contributed by atoms with Gasteiger partial charge in [-0.1, -0.05) is 48.5 Å². The molecular weight excluding hydrogens is 234 g/mol. The fourth-order valence-corrected chi connectivity index (χ4v) is 2.24. The Bertz CT molecular complexity index is 693. The van der Waals surface area contributed by atoms with Crippen molar-refractivity contribution in [3.63, 3.8) is 0 Å². The molecular formula is C16H15N3. The van der Waals surface area contributed by atoms with Crippen LogP contribution in [0.2, 0.25) is 0 Å². The predicted octanol–water partition coefficient (Wildman–Crippen LogP) is 3.11. The Kier molecular flexibility index (Phi) is 3.12. The summed E-state index contributed by atoms with van der Waals surface area (Å²) in [4.78, 5) is 4.55. The van der Waals surface area contributed by atoms with E-state index < -0.39 is 0 Å². The zero-order valence-corrected chi connectivity index (χ0v) is 10.5. The first-order valence-electron chi connectivity index (χ1n) is 6.26. The number of fused-ring (bicyclic) bond motifs is 1. The zero-order valence-electron chi connectivity index (χ0n) is 10.5. The lowest BCUT2D eigenvalue weighted by Crippen LogP contribution is -2.11. The molecule has 3 nitrogen and oxygen atoms in total. The lowest BCUT2D eigenvalue weighted by Gasteiger charge is -2.10. The SMILES string of the molecule is NNc1nc2ccccc2cc1Cc1ccccc1. The Balaban J connectivity index is 2.06. The third-order valence-corrected chi connectivity index (χ3v) is 3.18. The third-order valence-electron chi connectivity index (χ3n) is 3.18. The highest BCUT2D eigenvalue weighted by atomic mass is 15.2. The molecule has 3 rings (SSSR count). The van der Waals surface area contributed by atoms with Gasteiger partial charge in [-0.25, -0.2) is 10.8 Å². The van der Waals surface area contributed by atoms with Crippen LogP contribution in [0.1, 0.15) is 11.1 Å². The van der Waals surface area contributed by atoms with Gasteiger partial charge < -0.3 is 5.43 Å². The summed E-state index contributed by atoms with van der Waals surface area (Å²) in [6.07, 6.45) is 0.818. The maximum Gasteiger partial charge on any atom is 0.144 e. The van der Waals surface area contributed by atoms with E-state index in [1.54, 1.807) is 0 Å². The van der Waals surface area contributed by atoms with Gasteiger partial charge in [0.25, 0.3) is 0 Å². The molecule has 0 aliphatic heterocycles. The molecule has 3 aromatic rings. The number of hydrazine groups is 1. The maximum atomic E-state index is 5.58. The standard InChI is InChI=1S/C16H15N3/c17-19-16-14(10-12-6-2-1-3-7-12)11-13-8-4-5-9-15(13)18-16/h1-9,11H,10,17H2,(H,18,19). The summed E-state index contributed by atoms with van der Waals surface area (Å²) in [5.74, 6) is 6.32. The molecule has 94 valence electrons. The van der Waals surface area contributed by atoms with E-state index in [1.165, 1.54) is 5.56 Å². The Morgan fingerprint density at radius 2 is 1.68 bits per heavy atom. The van der Waals surface area contributed by atoms with Crippen molar-refractivity contribution in [1.82, 2.24) is 4.98 Å². The summed E-state index contributed by atoms with van der Waals surface area (Å²) in [6.45, 7) is 0. The molecule has 0 bridgehead atoms. The Morgan fingerprint density at radius 3 is 2.47 bits per heavy atom. The average Bonchev–Trinajstić information content (AvgIpc) is 2.47. The third kappa shape index (κ3) is 2.41. The first kappa shape index (κ1) is 11.7. The Hall–Kier alpha value is -2.39. The smallest absolute Gasteiger partial charge is 0.144 e. The minimum absolute atomic E-state index is 0.738. The maximum absolute atomic E-state index is 5.58. The molecule has 0 aliphatic carbocycles. The zero-order chi connectivity index (χ0) is 13.1. The minimum atomic E-state index is 0.738. The molecule has 0 saturated heterocycles. The monoisotopic (exact) mass is 249 g/mol. The predicted molar refractivity (Wildman–Crippen MR) is 78.8 cm³/mol. The molecule has 1 heterocycles. The molecule has 19 heavy (non-hydrogen) atoms. The second-order valence-electron chi connectivity index (χ2n) is 4.50. The van der Waals surface area contributed by atoms with E-state index in [0.29, 0.717) is 0 Å². The number of aromatic nitrogens is 1. The van der Waals surface area contributed by atoms with Crippen LogP contribution in [0.5, 0.6) is 0 Å². The molecule has 0 amide bonds. The summed E-state index contributed by atoms with van der Waals surface area (Å²) >= 11 is 0. The van der Waals surface area contributed by atoms with Gasteiger partial charge in [-0.05, 0) is 17.7 Å². The second kappa shape index (κ2) is 5.08. The van der Waals surface area contributed by atoms with Crippen LogP contribution in [-0.2, 0) is 6.42 Å². The lowest BCUT2D eigenvalue weighted by molar-refractivity contribution is 1.14. The second-order valence-corrected chi connectivity index (χ2v) is 4.50. The first-order chi connectivity index (χ1) is 9.36. The first-order valence-corrected chi connectivity index (χ1v) is 6.26. The molecule has 1 aromatic heterocycles. The van der Waals surface area contributed by atoms with Gasteiger partial charge in [0, 0.05) is 17.4 Å². The number of pyridine rings is 1. The highest BCUT2D eigenvalue weighted by Crippen LogP contribution is 2.22. The van der Waals surface area contributed by atoms with E-state index in [0.717, 1.165) is 28.7 Å². The van der Waals surface area contributed by atoms with Crippen molar-refractivity contribution < 1.29 is 0 Å². The number of nitrogens with zero attached hydrogens (tertiary/aromatic N) is 1. The number of hydrogen-bond donors (Lipinski definition) is 2. The van der Waals surface area contributed by atoms with Crippen LogP contribution in [0.25, 0.3) is 10.9 Å². The van der Waals surface area contributed by atoms with Crippen molar-refractivity contribution in [3.05, 3.63) is 71.8 Å². The van der Waals surface area contributed by atoms with Gasteiger partial charge in [0.2, 0.25) is 0 Å². The van der Waals surface area contributed by atoms with Gasteiger partial charge in [0.05, 0.1) is 5.52 Å². The van der Waals surface area contributed by atoms with Crippen molar-refractivity contribution >= 4 is 16.7 Å². The average molecular weight is 249 g/mol. The molecule has 0 saturated carbocycles. The van der Waals surface area contributed by atoms with E-state index in [9.17, 15) is 0 Å².